The van der Waals surface area contributed by atoms with E-state index in [2.05, 4.69) is 27.2 Å². The van der Waals surface area contributed by atoms with E-state index < -0.39 is 0 Å². The van der Waals surface area contributed by atoms with Crippen molar-refractivity contribution in [2.24, 2.45) is 0 Å². The Morgan fingerprint density at radius 2 is 2.05 bits per heavy atom. The maximum Gasteiger partial charge on any atom is 0.323 e. The number of ether oxygens (including phenoxy) is 1. The monoisotopic (exact) mass is 269 g/mol. The van der Waals surface area contributed by atoms with E-state index >= 15 is 0 Å². The van der Waals surface area contributed by atoms with Crippen LogP contribution in [0.15, 0.2) is 0 Å². The first-order valence-corrected chi connectivity index (χ1v) is 6.55. The average Bonchev–Trinajstić information content (AvgIpc) is 2.35. The zero-order chi connectivity index (χ0) is 14.3. The smallest absolute Gasteiger partial charge is 0.323 e. The van der Waals surface area contributed by atoms with E-state index in [1.165, 1.54) is 0 Å². The number of hydrogen-bond donors (Lipinski definition) is 2. The largest absolute Gasteiger partial charge is 0.461 e. The van der Waals surface area contributed by atoms with Gasteiger partial charge in [-0.05, 0) is 20.3 Å². The predicted molar refractivity (Wildman–Crippen MR) is 74.7 cm³/mol. The van der Waals surface area contributed by atoms with E-state index in [0.717, 1.165) is 13.0 Å². The molecule has 1 aromatic rings. The maximum atomic E-state index is 8.96. The van der Waals surface area contributed by atoms with Gasteiger partial charge in [0.05, 0.1) is 12.7 Å². The van der Waals surface area contributed by atoms with Crippen molar-refractivity contribution in [3.63, 3.8) is 0 Å². The van der Waals surface area contributed by atoms with Crippen molar-refractivity contribution in [2.75, 3.05) is 37.0 Å². The molecule has 0 bridgehead atoms. The molecule has 1 aromatic heterocycles. The number of nitrogens with one attached hydrogen (secondary N) is 1. The van der Waals surface area contributed by atoms with Crippen molar-refractivity contribution in [3.8, 4) is 6.01 Å². The molecule has 0 atom stereocenters. The van der Waals surface area contributed by atoms with E-state index in [1.54, 1.807) is 4.90 Å². The van der Waals surface area contributed by atoms with Gasteiger partial charge < -0.3 is 20.1 Å². The van der Waals surface area contributed by atoms with Gasteiger partial charge in [0.15, 0.2) is 0 Å². The molecule has 7 heteroatoms. The van der Waals surface area contributed by atoms with Crippen LogP contribution < -0.4 is 15.0 Å². The van der Waals surface area contributed by atoms with Gasteiger partial charge in [0.25, 0.3) is 0 Å². The Labute approximate surface area is 114 Å². The second-order valence-electron chi connectivity index (χ2n) is 4.48. The van der Waals surface area contributed by atoms with E-state index in [0.29, 0.717) is 24.5 Å². The molecular weight excluding hydrogens is 246 g/mol. The molecule has 0 spiro atoms. The maximum absolute atomic E-state index is 8.96. The number of aromatic nitrogens is 3. The second kappa shape index (κ2) is 7.73. The Hall–Kier alpha value is -1.63. The summed E-state index contributed by atoms with van der Waals surface area (Å²) in [4.78, 5) is 14.5. The topological polar surface area (TPSA) is 83.4 Å². The summed E-state index contributed by atoms with van der Waals surface area (Å²) in [6.45, 7) is 7.19. The molecule has 1 rings (SSSR count). The average molecular weight is 269 g/mol. The molecule has 0 saturated heterocycles. The predicted octanol–water partition coefficient (Wildman–Crippen LogP) is 0.909. The number of hydrogen-bond acceptors (Lipinski definition) is 7. The number of likely N-dealkylation sites (N-methyl/N-ethyl adjacent to an activating group) is 1. The Balaban J connectivity index is 2.94. The summed E-state index contributed by atoms with van der Waals surface area (Å²) >= 11 is 0. The quantitative estimate of drug-likeness (QED) is 0.725. The zero-order valence-electron chi connectivity index (χ0n) is 12.1. The third kappa shape index (κ3) is 5.25. The lowest BCUT2D eigenvalue weighted by Crippen LogP contribution is -2.25. The molecule has 108 valence electrons. The third-order valence-electron chi connectivity index (χ3n) is 2.25. The van der Waals surface area contributed by atoms with Gasteiger partial charge >= 0.3 is 6.01 Å². The Morgan fingerprint density at radius 1 is 1.32 bits per heavy atom. The molecule has 0 aliphatic heterocycles. The highest BCUT2D eigenvalue weighted by molar-refractivity contribution is 5.37. The summed E-state index contributed by atoms with van der Waals surface area (Å²) in [5.41, 5.74) is 0. The molecule has 0 aromatic carbocycles. The van der Waals surface area contributed by atoms with Gasteiger partial charge in [-0.2, -0.15) is 15.0 Å². The van der Waals surface area contributed by atoms with Crippen LogP contribution in [0.3, 0.4) is 0 Å². The van der Waals surface area contributed by atoms with E-state index in [9.17, 15) is 0 Å². The van der Waals surface area contributed by atoms with Crippen molar-refractivity contribution in [1.82, 2.24) is 15.0 Å². The molecule has 1 heterocycles. The summed E-state index contributed by atoms with van der Waals surface area (Å²) in [5, 5.41) is 12.1. The van der Waals surface area contributed by atoms with Gasteiger partial charge in [0.2, 0.25) is 11.9 Å². The number of aliphatic hydroxyl groups is 1. The third-order valence-corrected chi connectivity index (χ3v) is 2.25. The lowest BCUT2D eigenvalue weighted by molar-refractivity contribution is 0.222. The summed E-state index contributed by atoms with van der Waals surface area (Å²) in [5.74, 6) is 0.977. The molecule has 0 saturated carbocycles. The Kier molecular flexibility index (Phi) is 6.27. The fraction of sp³-hybridized carbons (Fsp3) is 0.750. The van der Waals surface area contributed by atoms with Crippen LogP contribution in [0.2, 0.25) is 0 Å². The van der Waals surface area contributed by atoms with Crippen LogP contribution in [0.1, 0.15) is 27.2 Å². The minimum Gasteiger partial charge on any atom is -0.461 e. The van der Waals surface area contributed by atoms with Gasteiger partial charge in [-0.25, -0.2) is 0 Å². The second-order valence-corrected chi connectivity index (χ2v) is 4.48. The highest BCUT2D eigenvalue weighted by atomic mass is 16.5. The van der Waals surface area contributed by atoms with Crippen LogP contribution in [0.25, 0.3) is 0 Å². The number of rotatable bonds is 8. The van der Waals surface area contributed by atoms with Crippen molar-refractivity contribution < 1.29 is 9.84 Å². The van der Waals surface area contributed by atoms with Crippen LogP contribution in [0.4, 0.5) is 11.9 Å². The standard InChI is InChI=1S/C12H23N5O2/c1-5-6-13-10-14-11(17(4)7-8-18)16-12(15-10)19-9(2)3/h9,18H,5-8H2,1-4H3,(H,13,14,15,16). The first kappa shape index (κ1) is 15.4. The molecule has 0 fully saturated rings. The molecule has 7 nitrogen and oxygen atoms in total. The fourth-order valence-electron chi connectivity index (χ4n) is 1.35. The highest BCUT2D eigenvalue weighted by Crippen LogP contribution is 2.14. The van der Waals surface area contributed by atoms with Gasteiger partial charge in [0, 0.05) is 20.1 Å². The van der Waals surface area contributed by atoms with Crippen molar-refractivity contribution in [3.05, 3.63) is 0 Å². The lowest BCUT2D eigenvalue weighted by Gasteiger charge is -2.17. The zero-order valence-corrected chi connectivity index (χ0v) is 12.1. The number of aliphatic hydroxyl groups excluding tert-OH is 1. The molecule has 0 unspecified atom stereocenters. The molecule has 0 aliphatic rings. The van der Waals surface area contributed by atoms with E-state index in [-0.39, 0.29) is 12.7 Å². The van der Waals surface area contributed by atoms with Gasteiger partial charge in [-0.3, -0.25) is 0 Å². The minimum absolute atomic E-state index is 0.00239. The number of anilines is 2. The van der Waals surface area contributed by atoms with Gasteiger partial charge in [0.1, 0.15) is 0 Å². The van der Waals surface area contributed by atoms with Crippen LogP contribution in [-0.4, -0.2) is 52.9 Å². The molecule has 0 aliphatic carbocycles. The Morgan fingerprint density at radius 3 is 2.63 bits per heavy atom. The van der Waals surface area contributed by atoms with Crippen LogP contribution in [0.5, 0.6) is 6.01 Å². The molecule has 0 amide bonds. The van der Waals surface area contributed by atoms with Crippen molar-refractivity contribution in [1.29, 1.82) is 0 Å². The van der Waals surface area contributed by atoms with E-state index in [1.807, 2.05) is 20.9 Å². The molecule has 19 heavy (non-hydrogen) atoms. The van der Waals surface area contributed by atoms with Crippen molar-refractivity contribution in [2.45, 2.75) is 33.3 Å². The fourth-order valence-corrected chi connectivity index (χ4v) is 1.35. The van der Waals surface area contributed by atoms with E-state index in [4.69, 9.17) is 9.84 Å². The highest BCUT2D eigenvalue weighted by Gasteiger charge is 2.11. The lowest BCUT2D eigenvalue weighted by atomic mass is 10.5. The van der Waals surface area contributed by atoms with Crippen LogP contribution >= 0.6 is 0 Å². The minimum atomic E-state index is -0.00239. The van der Waals surface area contributed by atoms with Crippen molar-refractivity contribution >= 4 is 11.9 Å². The summed E-state index contributed by atoms with van der Waals surface area (Å²) in [7, 11) is 1.81. The first-order chi connectivity index (χ1) is 9.06. The van der Waals surface area contributed by atoms with Gasteiger partial charge in [-0.1, -0.05) is 6.92 Å². The summed E-state index contributed by atoms with van der Waals surface area (Å²) in [6, 6.07) is 0.295. The van der Waals surface area contributed by atoms with Gasteiger partial charge in [-0.15, -0.1) is 0 Å². The normalized spacial score (nSPS) is 10.6. The molecular formula is C12H23N5O2. The summed E-state index contributed by atoms with van der Waals surface area (Å²) in [6.07, 6.45) is 0.978. The Bertz CT molecular complexity index is 386. The van der Waals surface area contributed by atoms with Crippen LogP contribution in [-0.2, 0) is 0 Å². The number of nitrogens with zero attached hydrogens (tertiary/aromatic N) is 4. The molecule has 2 N–H and O–H groups in total. The van der Waals surface area contributed by atoms with Crippen LogP contribution in [0, 0.1) is 0 Å². The summed E-state index contributed by atoms with van der Waals surface area (Å²) < 4.78 is 5.51. The molecule has 0 radical (unpaired) electrons. The SMILES string of the molecule is CCCNc1nc(OC(C)C)nc(N(C)CCO)n1. The first-order valence-electron chi connectivity index (χ1n) is 6.55.